The molecule has 10 nitrogen and oxygen atoms in total. The summed E-state index contributed by atoms with van der Waals surface area (Å²) in [6.07, 6.45) is 0.718. The predicted octanol–water partition coefficient (Wildman–Crippen LogP) is 3.49. The number of pyridine rings is 1. The smallest absolute Gasteiger partial charge is 0.287 e. The molecule has 0 spiro atoms. The van der Waals surface area contributed by atoms with Gasteiger partial charge in [0.2, 0.25) is 5.91 Å². The van der Waals surface area contributed by atoms with Crippen LogP contribution in [0.2, 0.25) is 0 Å². The SMILES string of the molecule is CC(C)CC(NC(=O)c1cc2ccccc2o1)C(=O)N[C@@H]1C(=O)CCC(C)(C)CN1S(=O)(=O)c1ccccn1. The lowest BCUT2D eigenvalue weighted by atomic mass is 9.88. The Balaban J connectivity index is 1.62. The second-order valence-electron chi connectivity index (χ2n) is 11.1. The van der Waals surface area contributed by atoms with Crippen LogP contribution >= 0.6 is 0 Å². The van der Waals surface area contributed by atoms with Gasteiger partial charge in [-0.3, -0.25) is 14.4 Å². The Bertz CT molecular complexity index is 1430. The van der Waals surface area contributed by atoms with E-state index in [1.54, 1.807) is 30.3 Å². The minimum Gasteiger partial charge on any atom is -0.451 e. The molecule has 4 rings (SSSR count). The first-order chi connectivity index (χ1) is 18.4. The molecule has 2 N–H and O–H groups in total. The molecule has 11 heteroatoms. The molecule has 3 aromatic rings. The number of carbonyl (C=O) groups is 3. The molecular formula is C28H34N4O6S. The van der Waals surface area contributed by atoms with Gasteiger partial charge in [-0.05, 0) is 48.4 Å². The van der Waals surface area contributed by atoms with E-state index < -0.39 is 45.2 Å². The van der Waals surface area contributed by atoms with E-state index in [0.717, 1.165) is 9.69 Å². The molecule has 0 aliphatic carbocycles. The van der Waals surface area contributed by atoms with Gasteiger partial charge in [0.1, 0.15) is 11.6 Å². The van der Waals surface area contributed by atoms with Gasteiger partial charge in [0.05, 0.1) is 0 Å². The summed E-state index contributed by atoms with van der Waals surface area (Å²) in [6, 6.07) is 12.2. The fourth-order valence-corrected chi connectivity index (χ4v) is 6.26. The molecule has 2 atom stereocenters. The van der Waals surface area contributed by atoms with Crippen LogP contribution in [0, 0.1) is 11.3 Å². The highest BCUT2D eigenvalue weighted by Gasteiger charge is 2.44. The summed E-state index contributed by atoms with van der Waals surface area (Å²) in [6.45, 7) is 7.54. The predicted molar refractivity (Wildman–Crippen MR) is 145 cm³/mol. The van der Waals surface area contributed by atoms with Gasteiger partial charge in [0, 0.05) is 24.5 Å². The number of amides is 2. The minimum atomic E-state index is -4.23. The van der Waals surface area contributed by atoms with Crippen molar-refractivity contribution in [2.45, 2.75) is 64.2 Å². The van der Waals surface area contributed by atoms with E-state index in [9.17, 15) is 22.8 Å². The van der Waals surface area contributed by atoms with E-state index in [-0.39, 0.29) is 36.1 Å². The number of benzene rings is 1. The Labute approximate surface area is 228 Å². The first-order valence-electron chi connectivity index (χ1n) is 12.9. The number of hydrogen-bond acceptors (Lipinski definition) is 7. The maximum absolute atomic E-state index is 13.6. The molecule has 1 aromatic carbocycles. The average Bonchev–Trinajstić information content (AvgIpc) is 3.29. The molecule has 2 aromatic heterocycles. The van der Waals surface area contributed by atoms with Crippen LogP contribution in [0.25, 0.3) is 11.0 Å². The van der Waals surface area contributed by atoms with Crippen molar-refractivity contribution in [1.82, 2.24) is 19.9 Å². The van der Waals surface area contributed by atoms with Crippen molar-refractivity contribution >= 4 is 38.6 Å². The molecule has 39 heavy (non-hydrogen) atoms. The van der Waals surface area contributed by atoms with E-state index >= 15 is 0 Å². The van der Waals surface area contributed by atoms with Crippen molar-refractivity contribution in [3.63, 3.8) is 0 Å². The van der Waals surface area contributed by atoms with Gasteiger partial charge >= 0.3 is 0 Å². The number of carbonyl (C=O) groups excluding carboxylic acids is 3. The Morgan fingerprint density at radius 1 is 1.15 bits per heavy atom. The quantitative estimate of drug-likeness (QED) is 0.435. The number of hydrogen-bond donors (Lipinski definition) is 2. The molecule has 208 valence electrons. The summed E-state index contributed by atoms with van der Waals surface area (Å²) < 4.78 is 33.9. The summed E-state index contributed by atoms with van der Waals surface area (Å²) in [4.78, 5) is 43.9. The Hall–Kier alpha value is -3.57. The molecule has 1 fully saturated rings. The fraction of sp³-hybridized carbons (Fsp3) is 0.429. The van der Waals surface area contributed by atoms with Gasteiger partial charge < -0.3 is 15.1 Å². The maximum Gasteiger partial charge on any atom is 0.287 e. The molecular weight excluding hydrogens is 520 g/mol. The molecule has 1 unspecified atom stereocenters. The third-order valence-corrected chi connectivity index (χ3v) is 8.42. The molecule has 1 saturated heterocycles. The van der Waals surface area contributed by atoms with Crippen molar-refractivity contribution in [3.8, 4) is 0 Å². The van der Waals surface area contributed by atoms with Crippen molar-refractivity contribution in [1.29, 1.82) is 0 Å². The highest BCUT2D eigenvalue weighted by atomic mass is 32.2. The largest absolute Gasteiger partial charge is 0.451 e. The first-order valence-corrected chi connectivity index (χ1v) is 14.4. The molecule has 1 aliphatic rings. The molecule has 2 amide bonds. The second-order valence-corrected chi connectivity index (χ2v) is 12.9. The van der Waals surface area contributed by atoms with Crippen LogP contribution in [0.1, 0.15) is 57.5 Å². The number of nitrogens with one attached hydrogen (secondary N) is 2. The molecule has 3 heterocycles. The summed E-state index contributed by atoms with van der Waals surface area (Å²) in [5.41, 5.74) is 0.0126. The zero-order valence-corrected chi connectivity index (χ0v) is 23.3. The van der Waals surface area contributed by atoms with Crippen molar-refractivity contribution in [2.75, 3.05) is 6.54 Å². The lowest BCUT2D eigenvalue weighted by Gasteiger charge is -2.33. The number of ketones is 1. The van der Waals surface area contributed by atoms with Gasteiger partial charge in [-0.15, -0.1) is 0 Å². The van der Waals surface area contributed by atoms with Crippen LogP contribution in [0.4, 0.5) is 0 Å². The van der Waals surface area contributed by atoms with Gasteiger partial charge in [0.25, 0.3) is 15.9 Å². The summed E-state index contributed by atoms with van der Waals surface area (Å²) in [7, 11) is -4.23. The van der Waals surface area contributed by atoms with E-state index in [0.29, 0.717) is 12.0 Å². The number of fused-ring (bicyclic) bond motifs is 1. The van der Waals surface area contributed by atoms with Crippen molar-refractivity contribution < 1.29 is 27.2 Å². The third kappa shape index (κ3) is 6.54. The Morgan fingerprint density at radius 2 is 1.87 bits per heavy atom. The van der Waals surface area contributed by atoms with Gasteiger partial charge in [-0.2, -0.15) is 4.31 Å². The number of aromatic nitrogens is 1. The van der Waals surface area contributed by atoms with Crippen LogP contribution in [-0.4, -0.2) is 54.1 Å². The standard InChI is InChI=1S/C28H34N4O6S/c1-18(2)15-20(30-27(35)23-16-19-9-5-6-10-22(19)38-23)26(34)31-25-21(33)12-13-28(3,4)17-32(25)39(36,37)24-11-7-8-14-29-24/h5-11,14,16,18,20,25H,12-13,15,17H2,1-4H3,(H,30,35)(H,31,34)/t20?,25-/m0/s1. The molecule has 1 aliphatic heterocycles. The zero-order chi connectivity index (χ0) is 28.4. The van der Waals surface area contributed by atoms with Crippen LogP contribution in [0.5, 0.6) is 0 Å². The van der Waals surface area contributed by atoms with E-state index in [1.807, 2.05) is 39.8 Å². The van der Waals surface area contributed by atoms with Crippen LogP contribution in [0.15, 0.2) is 64.2 Å². The number of Topliss-reactive ketones (excluding diaryl/α,β-unsaturated/α-hetero) is 1. The number of rotatable bonds is 8. The second kappa shape index (κ2) is 11.3. The highest BCUT2D eigenvalue weighted by molar-refractivity contribution is 7.89. The molecule has 0 radical (unpaired) electrons. The lowest BCUT2D eigenvalue weighted by Crippen LogP contribution is -2.59. The topological polar surface area (TPSA) is 139 Å². The van der Waals surface area contributed by atoms with Crippen LogP contribution in [0.3, 0.4) is 0 Å². The molecule has 0 bridgehead atoms. The normalized spacial score (nSPS) is 19.0. The zero-order valence-electron chi connectivity index (χ0n) is 22.5. The minimum absolute atomic E-state index is 0.00276. The van der Waals surface area contributed by atoms with E-state index in [2.05, 4.69) is 15.6 Å². The average molecular weight is 555 g/mol. The monoisotopic (exact) mass is 554 g/mol. The van der Waals surface area contributed by atoms with Gasteiger partial charge in [0.15, 0.2) is 22.7 Å². The lowest BCUT2D eigenvalue weighted by molar-refractivity contribution is -0.131. The number of furan rings is 1. The summed E-state index contributed by atoms with van der Waals surface area (Å²) in [5, 5.41) is 5.89. The third-order valence-electron chi connectivity index (χ3n) is 6.69. The maximum atomic E-state index is 13.6. The Morgan fingerprint density at radius 3 is 2.54 bits per heavy atom. The van der Waals surface area contributed by atoms with E-state index in [4.69, 9.17) is 4.42 Å². The Kier molecular flexibility index (Phi) is 8.22. The molecule has 0 saturated carbocycles. The van der Waals surface area contributed by atoms with Crippen molar-refractivity contribution in [2.24, 2.45) is 11.3 Å². The number of para-hydroxylation sites is 1. The van der Waals surface area contributed by atoms with Crippen molar-refractivity contribution in [3.05, 3.63) is 60.5 Å². The number of sulfonamides is 1. The number of nitrogens with zero attached hydrogens (tertiary/aromatic N) is 2. The van der Waals surface area contributed by atoms with Crippen LogP contribution < -0.4 is 10.6 Å². The fourth-order valence-electron chi connectivity index (χ4n) is 4.61. The van der Waals surface area contributed by atoms with Gasteiger partial charge in [-0.25, -0.2) is 13.4 Å². The van der Waals surface area contributed by atoms with Crippen LogP contribution in [-0.2, 0) is 19.6 Å². The van der Waals surface area contributed by atoms with Gasteiger partial charge in [-0.1, -0.05) is 52.0 Å². The van der Waals surface area contributed by atoms with E-state index in [1.165, 1.54) is 12.3 Å². The summed E-state index contributed by atoms with van der Waals surface area (Å²) in [5.74, 6) is -1.62. The highest BCUT2D eigenvalue weighted by Crippen LogP contribution is 2.32. The summed E-state index contributed by atoms with van der Waals surface area (Å²) >= 11 is 0. The first kappa shape index (κ1) is 28.4.